The molecule has 0 spiro atoms. The van der Waals surface area contributed by atoms with Crippen molar-refractivity contribution in [3.8, 4) is 5.75 Å². The first-order valence-electron chi connectivity index (χ1n) is 10.6. The minimum Gasteiger partial charge on any atom is -0.495 e. The highest BCUT2D eigenvalue weighted by atomic mass is 32.2. The van der Waals surface area contributed by atoms with Crippen molar-refractivity contribution in [2.75, 3.05) is 7.11 Å². The lowest BCUT2D eigenvalue weighted by Crippen LogP contribution is -2.31. The fraction of sp³-hybridized carbons (Fsp3) is 0.240. The first-order chi connectivity index (χ1) is 15.5. The van der Waals surface area contributed by atoms with Crippen LogP contribution in [0, 0.1) is 0 Å². The van der Waals surface area contributed by atoms with E-state index in [-0.39, 0.29) is 34.2 Å². The van der Waals surface area contributed by atoms with Crippen molar-refractivity contribution < 1.29 is 17.9 Å². The van der Waals surface area contributed by atoms with E-state index in [1.165, 1.54) is 19.2 Å². The first kappa shape index (κ1) is 22.0. The van der Waals surface area contributed by atoms with Gasteiger partial charge in [-0.3, -0.25) is 4.79 Å². The molecule has 1 amide bonds. The van der Waals surface area contributed by atoms with Crippen molar-refractivity contribution in [1.29, 1.82) is 0 Å². The van der Waals surface area contributed by atoms with Crippen molar-refractivity contribution in [3.63, 3.8) is 0 Å². The van der Waals surface area contributed by atoms with E-state index in [0.717, 1.165) is 24.0 Å². The summed E-state index contributed by atoms with van der Waals surface area (Å²) < 4.78 is 33.5. The molecule has 6 nitrogen and oxygen atoms in total. The third kappa shape index (κ3) is 5.36. The second-order valence-electron chi connectivity index (χ2n) is 7.89. The van der Waals surface area contributed by atoms with Crippen LogP contribution in [0.2, 0.25) is 0 Å². The van der Waals surface area contributed by atoms with Crippen LogP contribution in [0.1, 0.15) is 40.4 Å². The molecule has 7 heteroatoms. The second-order valence-corrected chi connectivity index (χ2v) is 9.57. The molecule has 0 saturated heterocycles. The minimum absolute atomic E-state index is 0.0288. The Kier molecular flexibility index (Phi) is 6.58. The topological polar surface area (TPSA) is 84.5 Å². The molecule has 1 atom stereocenters. The van der Waals surface area contributed by atoms with E-state index in [4.69, 9.17) is 4.74 Å². The van der Waals surface area contributed by atoms with Crippen LogP contribution in [0.25, 0.3) is 0 Å². The van der Waals surface area contributed by atoms with E-state index < -0.39 is 10.0 Å². The van der Waals surface area contributed by atoms with Crippen LogP contribution in [-0.2, 0) is 16.4 Å². The number of hydrogen-bond acceptors (Lipinski definition) is 4. The Morgan fingerprint density at radius 1 is 1.00 bits per heavy atom. The molecule has 166 valence electrons. The van der Waals surface area contributed by atoms with Crippen LogP contribution in [0.4, 0.5) is 0 Å². The van der Waals surface area contributed by atoms with Crippen LogP contribution in [0.3, 0.4) is 0 Å². The van der Waals surface area contributed by atoms with Gasteiger partial charge in [0.1, 0.15) is 10.6 Å². The molecule has 3 aromatic rings. The van der Waals surface area contributed by atoms with Gasteiger partial charge in [-0.2, -0.15) is 0 Å². The summed E-state index contributed by atoms with van der Waals surface area (Å²) in [5, 5.41) is 3.07. The van der Waals surface area contributed by atoms with Gasteiger partial charge in [-0.1, -0.05) is 60.7 Å². The van der Waals surface area contributed by atoms with Crippen LogP contribution >= 0.6 is 0 Å². The number of nitrogens with one attached hydrogen (secondary N) is 2. The summed E-state index contributed by atoms with van der Waals surface area (Å²) in [7, 11) is -2.37. The zero-order chi connectivity index (χ0) is 22.6. The molecule has 1 fully saturated rings. The maximum Gasteiger partial charge on any atom is 0.251 e. The third-order valence-corrected chi connectivity index (χ3v) is 6.95. The van der Waals surface area contributed by atoms with Gasteiger partial charge in [0.05, 0.1) is 13.2 Å². The van der Waals surface area contributed by atoms with E-state index in [1.807, 2.05) is 60.7 Å². The quantitative estimate of drug-likeness (QED) is 0.519. The summed E-state index contributed by atoms with van der Waals surface area (Å²) in [6, 6.07) is 23.8. The minimum atomic E-state index is -3.78. The van der Waals surface area contributed by atoms with E-state index in [9.17, 15) is 13.2 Å². The van der Waals surface area contributed by atoms with E-state index in [0.29, 0.717) is 6.42 Å². The number of amides is 1. The number of sulfonamides is 1. The zero-order valence-electron chi connectivity index (χ0n) is 17.8. The summed E-state index contributed by atoms with van der Waals surface area (Å²) >= 11 is 0. The summed E-state index contributed by atoms with van der Waals surface area (Å²) in [6.07, 6.45) is 2.25. The number of rotatable bonds is 9. The average Bonchev–Trinajstić information content (AvgIpc) is 3.62. The monoisotopic (exact) mass is 450 g/mol. The highest BCUT2D eigenvalue weighted by Crippen LogP contribution is 2.29. The van der Waals surface area contributed by atoms with Gasteiger partial charge in [0.15, 0.2) is 0 Å². The predicted octanol–water partition coefficient (Wildman–Crippen LogP) is 3.85. The summed E-state index contributed by atoms with van der Waals surface area (Å²) in [5.74, 6) is -0.140. The molecule has 1 unspecified atom stereocenters. The maximum absolute atomic E-state index is 13.2. The van der Waals surface area contributed by atoms with Crippen molar-refractivity contribution in [2.24, 2.45) is 0 Å². The Morgan fingerprint density at radius 3 is 2.28 bits per heavy atom. The molecule has 3 aromatic carbocycles. The van der Waals surface area contributed by atoms with Crippen molar-refractivity contribution in [1.82, 2.24) is 10.0 Å². The molecule has 32 heavy (non-hydrogen) atoms. The van der Waals surface area contributed by atoms with E-state index in [2.05, 4.69) is 10.0 Å². The standard InChI is InChI=1S/C25H26N2O4S/c1-31-23-15-12-20(17-24(23)32(29,30)27-21-13-14-21)25(28)26-22(19-10-6-3-7-11-19)16-18-8-4-2-5-9-18/h2-12,15,17,21-22,27H,13-14,16H2,1H3,(H,26,28). The number of carbonyl (C=O) groups excluding carboxylic acids is 1. The fourth-order valence-corrected chi connectivity index (χ4v) is 5.04. The molecule has 0 radical (unpaired) electrons. The Balaban J connectivity index is 1.61. The molecule has 1 aliphatic rings. The second kappa shape index (κ2) is 9.54. The number of ether oxygens (including phenoxy) is 1. The SMILES string of the molecule is COc1ccc(C(=O)NC(Cc2ccccc2)c2ccccc2)cc1S(=O)(=O)NC1CC1. The lowest BCUT2D eigenvalue weighted by Gasteiger charge is -2.20. The summed E-state index contributed by atoms with van der Waals surface area (Å²) in [6.45, 7) is 0. The molecule has 0 heterocycles. The summed E-state index contributed by atoms with van der Waals surface area (Å²) in [4.78, 5) is 13.1. The predicted molar refractivity (Wildman–Crippen MR) is 123 cm³/mol. The van der Waals surface area contributed by atoms with Gasteiger partial charge >= 0.3 is 0 Å². The first-order valence-corrected chi connectivity index (χ1v) is 12.0. The zero-order valence-corrected chi connectivity index (χ0v) is 18.6. The molecule has 0 bridgehead atoms. The van der Waals surface area contributed by atoms with Crippen LogP contribution in [0.5, 0.6) is 5.75 Å². The Labute approximate surface area is 188 Å². The largest absolute Gasteiger partial charge is 0.495 e. The smallest absolute Gasteiger partial charge is 0.251 e. The Morgan fingerprint density at radius 2 is 1.66 bits per heavy atom. The Hall–Kier alpha value is -3.16. The van der Waals surface area contributed by atoms with Gasteiger partial charge in [0.25, 0.3) is 5.91 Å². The van der Waals surface area contributed by atoms with Crippen molar-refractivity contribution in [2.45, 2.75) is 36.2 Å². The molecule has 0 aliphatic heterocycles. The molecule has 1 aliphatic carbocycles. The molecule has 2 N–H and O–H groups in total. The van der Waals surface area contributed by atoms with E-state index in [1.54, 1.807) is 6.07 Å². The molecular weight excluding hydrogens is 424 g/mol. The molecular formula is C25H26N2O4S. The van der Waals surface area contributed by atoms with Gasteiger partial charge in [-0.15, -0.1) is 0 Å². The van der Waals surface area contributed by atoms with Crippen molar-refractivity contribution >= 4 is 15.9 Å². The van der Waals surface area contributed by atoms with Crippen molar-refractivity contribution in [3.05, 3.63) is 95.6 Å². The average molecular weight is 451 g/mol. The van der Waals surface area contributed by atoms with Gasteiger partial charge in [0.2, 0.25) is 10.0 Å². The number of hydrogen-bond donors (Lipinski definition) is 2. The molecule has 1 saturated carbocycles. The maximum atomic E-state index is 13.2. The summed E-state index contributed by atoms with van der Waals surface area (Å²) in [5.41, 5.74) is 2.32. The number of benzene rings is 3. The van der Waals surface area contributed by atoms with Gasteiger partial charge < -0.3 is 10.1 Å². The number of carbonyl (C=O) groups is 1. The van der Waals surface area contributed by atoms with Gasteiger partial charge in [0, 0.05) is 11.6 Å². The van der Waals surface area contributed by atoms with Crippen LogP contribution in [-0.4, -0.2) is 27.5 Å². The fourth-order valence-electron chi connectivity index (χ4n) is 3.54. The van der Waals surface area contributed by atoms with Crippen LogP contribution in [0.15, 0.2) is 83.8 Å². The van der Waals surface area contributed by atoms with E-state index >= 15 is 0 Å². The van der Waals surface area contributed by atoms with Gasteiger partial charge in [-0.25, -0.2) is 13.1 Å². The number of methoxy groups -OCH3 is 1. The Bertz CT molecular complexity index is 1180. The highest BCUT2D eigenvalue weighted by molar-refractivity contribution is 7.89. The molecule has 4 rings (SSSR count). The van der Waals surface area contributed by atoms with Crippen LogP contribution < -0.4 is 14.8 Å². The lowest BCUT2D eigenvalue weighted by atomic mass is 9.98. The van der Waals surface area contributed by atoms with Gasteiger partial charge in [-0.05, 0) is 48.6 Å². The normalized spacial score (nSPS) is 14.5. The lowest BCUT2D eigenvalue weighted by molar-refractivity contribution is 0.0936. The highest BCUT2D eigenvalue weighted by Gasteiger charge is 2.30. The molecule has 0 aromatic heterocycles. The third-order valence-electron chi connectivity index (χ3n) is 5.40.